The zero-order valence-electron chi connectivity index (χ0n) is 14.6. The summed E-state index contributed by atoms with van der Waals surface area (Å²) in [5, 5.41) is 0. The molecule has 1 saturated heterocycles. The van der Waals surface area contributed by atoms with E-state index >= 15 is 0 Å². The summed E-state index contributed by atoms with van der Waals surface area (Å²) in [5.41, 5.74) is 3.94. The van der Waals surface area contributed by atoms with Crippen molar-refractivity contribution < 1.29 is 9.53 Å². The first-order valence-corrected chi connectivity index (χ1v) is 8.52. The molecule has 2 heterocycles. The van der Waals surface area contributed by atoms with Gasteiger partial charge in [-0.05, 0) is 30.5 Å². The van der Waals surface area contributed by atoms with Gasteiger partial charge in [-0.15, -0.1) is 0 Å². The molecule has 0 aromatic heterocycles. The van der Waals surface area contributed by atoms with Crippen molar-refractivity contribution in [3.63, 3.8) is 0 Å². The Morgan fingerprint density at radius 3 is 2.38 bits per heavy atom. The standard InChI is InChI=1S/C21H23NO2/c1-13-9-11-14(12-10-13)20(23)22-16-8-6-5-7-15(16)17-18(24-17)19(22)21(2,3)4/h5-12,17-19H,1-4H3/t17-,18-,19-/m1/s1. The maximum absolute atomic E-state index is 13.4. The Morgan fingerprint density at radius 1 is 1.04 bits per heavy atom. The third kappa shape index (κ3) is 2.35. The molecular weight excluding hydrogens is 298 g/mol. The first-order valence-electron chi connectivity index (χ1n) is 8.52. The molecule has 0 N–H and O–H groups in total. The number of hydrogen-bond acceptors (Lipinski definition) is 2. The number of benzene rings is 2. The Balaban J connectivity index is 1.83. The van der Waals surface area contributed by atoms with E-state index in [0.717, 1.165) is 22.4 Å². The number of ether oxygens (including phenoxy) is 1. The summed E-state index contributed by atoms with van der Waals surface area (Å²) in [7, 11) is 0. The molecule has 0 spiro atoms. The molecule has 1 amide bonds. The van der Waals surface area contributed by atoms with E-state index < -0.39 is 0 Å². The van der Waals surface area contributed by atoms with E-state index in [4.69, 9.17) is 4.74 Å². The molecule has 0 aliphatic carbocycles. The molecule has 2 aliphatic rings. The van der Waals surface area contributed by atoms with Crippen molar-refractivity contribution in [2.24, 2.45) is 5.41 Å². The minimum absolute atomic E-state index is 0.0335. The van der Waals surface area contributed by atoms with Crippen LogP contribution in [0.3, 0.4) is 0 Å². The highest BCUT2D eigenvalue weighted by molar-refractivity contribution is 6.07. The van der Waals surface area contributed by atoms with Crippen LogP contribution in [0, 0.1) is 12.3 Å². The molecule has 0 bridgehead atoms. The Hall–Kier alpha value is -2.13. The minimum atomic E-state index is -0.0622. The van der Waals surface area contributed by atoms with Crippen molar-refractivity contribution in [2.45, 2.75) is 45.9 Å². The molecule has 24 heavy (non-hydrogen) atoms. The predicted molar refractivity (Wildman–Crippen MR) is 95.3 cm³/mol. The van der Waals surface area contributed by atoms with Crippen molar-refractivity contribution in [2.75, 3.05) is 4.90 Å². The van der Waals surface area contributed by atoms with Gasteiger partial charge in [0.1, 0.15) is 12.2 Å². The molecule has 2 aliphatic heterocycles. The number of rotatable bonds is 1. The van der Waals surface area contributed by atoms with Gasteiger partial charge in [-0.3, -0.25) is 4.79 Å². The summed E-state index contributed by atoms with van der Waals surface area (Å²) >= 11 is 0. The lowest BCUT2D eigenvalue weighted by Gasteiger charge is -2.42. The zero-order valence-corrected chi connectivity index (χ0v) is 14.6. The molecule has 0 radical (unpaired) electrons. The largest absolute Gasteiger partial charge is 0.362 e. The lowest BCUT2D eigenvalue weighted by Crippen LogP contribution is -2.53. The van der Waals surface area contributed by atoms with Crippen LogP contribution in [0.4, 0.5) is 5.69 Å². The molecule has 124 valence electrons. The maximum atomic E-state index is 13.4. The molecule has 0 unspecified atom stereocenters. The number of carbonyl (C=O) groups excluding carboxylic acids is 1. The number of nitrogens with zero attached hydrogens (tertiary/aromatic N) is 1. The summed E-state index contributed by atoms with van der Waals surface area (Å²) < 4.78 is 5.98. The van der Waals surface area contributed by atoms with Gasteiger partial charge in [0.25, 0.3) is 5.91 Å². The van der Waals surface area contributed by atoms with Crippen LogP contribution in [0.5, 0.6) is 0 Å². The van der Waals surface area contributed by atoms with Gasteiger partial charge in [-0.2, -0.15) is 0 Å². The second-order valence-electron chi connectivity index (χ2n) is 7.93. The first-order chi connectivity index (χ1) is 11.4. The van der Waals surface area contributed by atoms with Crippen molar-refractivity contribution in [1.82, 2.24) is 0 Å². The summed E-state index contributed by atoms with van der Waals surface area (Å²) in [6, 6.07) is 16.0. The molecule has 3 atom stereocenters. The van der Waals surface area contributed by atoms with Crippen LogP contribution >= 0.6 is 0 Å². The number of amides is 1. The van der Waals surface area contributed by atoms with Crippen molar-refractivity contribution in [3.05, 3.63) is 65.2 Å². The van der Waals surface area contributed by atoms with Crippen molar-refractivity contribution in [1.29, 1.82) is 0 Å². The highest BCUT2D eigenvalue weighted by atomic mass is 16.6. The van der Waals surface area contributed by atoms with Crippen LogP contribution in [0.1, 0.15) is 48.4 Å². The number of aryl methyl sites for hydroxylation is 1. The third-order valence-electron chi connectivity index (χ3n) is 5.02. The van der Waals surface area contributed by atoms with Crippen LogP contribution in [-0.4, -0.2) is 18.1 Å². The van der Waals surface area contributed by atoms with Gasteiger partial charge >= 0.3 is 0 Å². The predicted octanol–water partition coefficient (Wildman–Crippen LogP) is 4.51. The van der Waals surface area contributed by atoms with Gasteiger partial charge in [0.05, 0.1) is 11.7 Å². The smallest absolute Gasteiger partial charge is 0.258 e. The Morgan fingerprint density at radius 2 is 1.71 bits per heavy atom. The van der Waals surface area contributed by atoms with E-state index in [-0.39, 0.29) is 29.6 Å². The zero-order chi connectivity index (χ0) is 17.1. The Labute approximate surface area is 143 Å². The van der Waals surface area contributed by atoms with Crippen molar-refractivity contribution >= 4 is 11.6 Å². The molecule has 2 aromatic rings. The van der Waals surface area contributed by atoms with Crippen LogP contribution in [-0.2, 0) is 4.74 Å². The molecule has 2 aromatic carbocycles. The first kappa shape index (κ1) is 15.4. The second kappa shape index (κ2) is 5.18. The van der Waals surface area contributed by atoms with E-state index in [2.05, 4.69) is 26.8 Å². The summed E-state index contributed by atoms with van der Waals surface area (Å²) in [4.78, 5) is 15.3. The molecule has 3 heteroatoms. The molecular formula is C21H23NO2. The van der Waals surface area contributed by atoms with E-state index in [1.165, 1.54) is 0 Å². The Kier molecular flexibility index (Phi) is 3.33. The third-order valence-corrected chi connectivity index (χ3v) is 5.02. The molecule has 1 fully saturated rings. The van der Waals surface area contributed by atoms with Gasteiger partial charge in [0.15, 0.2) is 0 Å². The van der Waals surface area contributed by atoms with Gasteiger partial charge in [-0.1, -0.05) is 56.7 Å². The van der Waals surface area contributed by atoms with Crippen LogP contribution in [0.2, 0.25) is 0 Å². The van der Waals surface area contributed by atoms with Crippen LogP contribution < -0.4 is 4.90 Å². The lowest BCUT2D eigenvalue weighted by atomic mass is 9.79. The summed E-state index contributed by atoms with van der Waals surface area (Å²) in [6.45, 7) is 8.57. The van der Waals surface area contributed by atoms with E-state index in [0.29, 0.717) is 0 Å². The topological polar surface area (TPSA) is 32.8 Å². The summed E-state index contributed by atoms with van der Waals surface area (Å²) in [6.07, 6.45) is 0.224. The molecule has 0 saturated carbocycles. The lowest BCUT2D eigenvalue weighted by molar-refractivity contribution is 0.0942. The molecule has 3 nitrogen and oxygen atoms in total. The SMILES string of the molecule is Cc1ccc(C(=O)N2c3ccccc3[C@H]3O[C@H]3[C@@H]2C(C)(C)C)cc1. The van der Waals surface area contributed by atoms with E-state index in [9.17, 15) is 4.79 Å². The number of hydrogen-bond donors (Lipinski definition) is 0. The number of para-hydroxylation sites is 1. The second-order valence-corrected chi connectivity index (χ2v) is 7.93. The normalized spacial score (nSPS) is 25.0. The highest BCUT2D eigenvalue weighted by Crippen LogP contribution is 2.54. The monoisotopic (exact) mass is 321 g/mol. The Bertz CT molecular complexity index is 788. The fourth-order valence-corrected chi connectivity index (χ4v) is 3.81. The van der Waals surface area contributed by atoms with Gasteiger partial charge in [0.2, 0.25) is 0 Å². The van der Waals surface area contributed by atoms with Crippen LogP contribution in [0.25, 0.3) is 0 Å². The fourth-order valence-electron chi connectivity index (χ4n) is 3.81. The number of carbonyl (C=O) groups is 1. The minimum Gasteiger partial charge on any atom is -0.362 e. The quantitative estimate of drug-likeness (QED) is 0.724. The number of anilines is 1. The molecule has 4 rings (SSSR count). The fraction of sp³-hybridized carbons (Fsp3) is 0.381. The number of epoxide rings is 1. The average molecular weight is 321 g/mol. The average Bonchev–Trinajstić information content (AvgIpc) is 3.33. The highest BCUT2D eigenvalue weighted by Gasteiger charge is 2.58. The van der Waals surface area contributed by atoms with Crippen molar-refractivity contribution in [3.8, 4) is 0 Å². The van der Waals surface area contributed by atoms with Crippen LogP contribution in [0.15, 0.2) is 48.5 Å². The van der Waals surface area contributed by atoms with Gasteiger partial charge < -0.3 is 9.64 Å². The summed E-state index contributed by atoms with van der Waals surface area (Å²) in [5.74, 6) is 0.0522. The van der Waals surface area contributed by atoms with E-state index in [1.807, 2.05) is 54.3 Å². The van der Waals surface area contributed by atoms with E-state index in [1.54, 1.807) is 0 Å². The maximum Gasteiger partial charge on any atom is 0.258 e. The van der Waals surface area contributed by atoms with Gasteiger partial charge in [-0.25, -0.2) is 0 Å². The van der Waals surface area contributed by atoms with Gasteiger partial charge in [0, 0.05) is 11.1 Å². The number of fused-ring (bicyclic) bond motifs is 3.